The predicted molar refractivity (Wildman–Crippen MR) is 93.1 cm³/mol. The molecular weight excluding hydrogens is 366 g/mol. The normalized spacial score (nSPS) is 10.7. The number of hydrazone groups is 1. The summed E-state index contributed by atoms with van der Waals surface area (Å²) >= 11 is 0.840. The number of nitrogens with one attached hydrogen (secondary N) is 3. The van der Waals surface area contributed by atoms with E-state index in [0.717, 1.165) is 11.8 Å². The van der Waals surface area contributed by atoms with Gasteiger partial charge in [-0.3, -0.25) is 14.6 Å². The molecule has 1 heterocycles. The number of hydrogen-bond acceptors (Lipinski definition) is 9. The number of rotatable bonds is 7. The summed E-state index contributed by atoms with van der Waals surface area (Å²) in [4.78, 5) is 36.0. The summed E-state index contributed by atoms with van der Waals surface area (Å²) in [6, 6.07) is 3.01. The molecule has 0 radical (unpaired) electrons. The molecule has 4 N–H and O–H groups in total. The zero-order valence-electron chi connectivity index (χ0n) is 13.7. The second-order valence-electron chi connectivity index (χ2n) is 4.67. The Morgan fingerprint density at radius 1 is 1.35 bits per heavy atom. The van der Waals surface area contributed by atoms with Gasteiger partial charge in [0.2, 0.25) is 11.7 Å². The largest absolute Gasteiger partial charge is 0.502 e. The Morgan fingerprint density at radius 3 is 2.58 bits per heavy atom. The summed E-state index contributed by atoms with van der Waals surface area (Å²) in [6.07, 6.45) is 1.33. The van der Waals surface area contributed by atoms with Crippen LogP contribution < -0.4 is 26.1 Å². The summed E-state index contributed by atoms with van der Waals surface area (Å²) in [5.74, 6) is -0.392. The molecule has 138 valence electrons. The predicted octanol–water partition coefficient (Wildman–Crippen LogP) is -0.577. The van der Waals surface area contributed by atoms with E-state index in [1.807, 2.05) is 4.98 Å². The summed E-state index contributed by atoms with van der Waals surface area (Å²) in [5.41, 5.74) is 1.38. The number of methoxy groups -OCH3 is 2. The number of aromatic hydroxyl groups is 1. The van der Waals surface area contributed by atoms with Crippen LogP contribution in [0.2, 0.25) is 0 Å². The molecule has 0 bridgehead atoms. The number of H-pyrrole nitrogens is 2. The zero-order chi connectivity index (χ0) is 19.1. The quantitative estimate of drug-likeness (QED) is 0.282. The van der Waals surface area contributed by atoms with Crippen LogP contribution in [0.25, 0.3) is 0 Å². The lowest BCUT2D eigenvalue weighted by Gasteiger charge is -2.09. The molecular formula is C14H15N5O6S. The Labute approximate surface area is 150 Å². The molecule has 0 saturated carbocycles. The van der Waals surface area contributed by atoms with Crippen LogP contribution in [0.4, 0.5) is 0 Å². The molecule has 1 amide bonds. The molecule has 0 saturated heterocycles. The Bertz CT molecular complexity index is 913. The van der Waals surface area contributed by atoms with Gasteiger partial charge in [-0.1, -0.05) is 11.8 Å². The zero-order valence-corrected chi connectivity index (χ0v) is 14.5. The van der Waals surface area contributed by atoms with Crippen LogP contribution in [0.5, 0.6) is 17.2 Å². The fourth-order valence-corrected chi connectivity index (χ4v) is 2.39. The lowest BCUT2D eigenvalue weighted by atomic mass is 10.2. The summed E-state index contributed by atoms with van der Waals surface area (Å²) < 4.78 is 10.0. The summed E-state index contributed by atoms with van der Waals surface area (Å²) in [6.45, 7) is 0. The second kappa shape index (κ2) is 8.71. The number of thioether (sulfide) groups is 1. The van der Waals surface area contributed by atoms with E-state index >= 15 is 0 Å². The van der Waals surface area contributed by atoms with Crippen molar-refractivity contribution in [3.05, 3.63) is 38.5 Å². The maximum absolute atomic E-state index is 11.7. The number of amides is 1. The molecule has 0 aliphatic rings. The van der Waals surface area contributed by atoms with Gasteiger partial charge in [-0.05, 0) is 12.1 Å². The van der Waals surface area contributed by atoms with Gasteiger partial charge < -0.3 is 14.6 Å². The van der Waals surface area contributed by atoms with Gasteiger partial charge in [-0.25, -0.2) is 15.3 Å². The van der Waals surface area contributed by atoms with Gasteiger partial charge >= 0.3 is 5.69 Å². The van der Waals surface area contributed by atoms with Crippen LogP contribution in [0, 0.1) is 0 Å². The highest BCUT2D eigenvalue weighted by molar-refractivity contribution is 7.99. The van der Waals surface area contributed by atoms with E-state index in [2.05, 4.69) is 20.7 Å². The number of phenols is 1. The topological polar surface area (TPSA) is 159 Å². The molecule has 12 heteroatoms. The Morgan fingerprint density at radius 2 is 2.00 bits per heavy atom. The Balaban J connectivity index is 1.96. The van der Waals surface area contributed by atoms with E-state index in [0.29, 0.717) is 5.56 Å². The Hall–Kier alpha value is -3.28. The van der Waals surface area contributed by atoms with Crippen LogP contribution in [-0.4, -0.2) is 52.4 Å². The third-order valence-corrected chi connectivity index (χ3v) is 3.88. The lowest BCUT2D eigenvalue weighted by Crippen LogP contribution is -2.26. The third kappa shape index (κ3) is 4.86. The average Bonchev–Trinajstić information content (AvgIpc) is 2.62. The van der Waals surface area contributed by atoms with Crippen molar-refractivity contribution in [3.63, 3.8) is 0 Å². The van der Waals surface area contributed by atoms with Gasteiger partial charge in [0.25, 0.3) is 5.56 Å². The minimum absolute atomic E-state index is 0.0447. The van der Waals surface area contributed by atoms with Gasteiger partial charge in [0, 0.05) is 5.56 Å². The van der Waals surface area contributed by atoms with Crippen molar-refractivity contribution in [1.29, 1.82) is 0 Å². The second-order valence-corrected chi connectivity index (χ2v) is 5.63. The van der Waals surface area contributed by atoms with Gasteiger partial charge in [-0.2, -0.15) is 10.2 Å². The fraction of sp³-hybridized carbons (Fsp3) is 0.214. The molecule has 1 aromatic carbocycles. The third-order valence-electron chi connectivity index (χ3n) is 2.93. The van der Waals surface area contributed by atoms with Gasteiger partial charge in [0.1, 0.15) is 0 Å². The number of nitrogens with zero attached hydrogens (tertiary/aromatic N) is 2. The first-order chi connectivity index (χ1) is 12.4. The fourth-order valence-electron chi connectivity index (χ4n) is 1.77. The number of carbonyl (C=O) groups excluding carboxylic acids is 1. The molecule has 26 heavy (non-hydrogen) atoms. The standard InChI is InChI=1S/C14H15N5O6S/c1-24-8-3-7(4-9(25-2)11(8)21)5-15-17-10(20)6-26-13-12(22)16-14(23)19-18-13/h3-5,21H,6H2,1-2H3,(H,17,20)(H2,16,19,22,23)/b15-5-. The molecule has 1 aromatic heterocycles. The first-order valence-electron chi connectivity index (χ1n) is 7.03. The first kappa shape index (κ1) is 19.1. The SMILES string of the molecule is COc1cc(/C=N\NC(=O)CSc2n[nH]c(=O)[nH]c2=O)cc(OC)c1O. The number of phenolic OH excluding ortho intramolecular Hbond substituents is 1. The molecule has 0 atom stereocenters. The minimum atomic E-state index is -0.729. The van der Waals surface area contributed by atoms with Crippen molar-refractivity contribution in [1.82, 2.24) is 20.6 Å². The Kier molecular flexibility index (Phi) is 6.38. The van der Waals surface area contributed by atoms with E-state index < -0.39 is 17.2 Å². The van der Waals surface area contributed by atoms with Gasteiger partial charge in [0.05, 0.1) is 26.2 Å². The number of hydrogen-bond donors (Lipinski definition) is 4. The van der Waals surface area contributed by atoms with E-state index in [-0.39, 0.29) is 28.0 Å². The maximum Gasteiger partial charge on any atom is 0.342 e. The number of carbonyl (C=O) groups is 1. The van der Waals surface area contributed by atoms with Crippen LogP contribution in [0.1, 0.15) is 5.56 Å². The van der Waals surface area contributed by atoms with Crippen molar-refractivity contribution >= 4 is 23.9 Å². The summed E-state index contributed by atoms with van der Waals surface area (Å²) in [5, 5.41) is 19.2. The first-order valence-corrected chi connectivity index (χ1v) is 8.02. The monoisotopic (exact) mass is 381 g/mol. The van der Waals surface area contributed by atoms with Crippen molar-refractivity contribution < 1.29 is 19.4 Å². The van der Waals surface area contributed by atoms with E-state index in [1.165, 1.54) is 32.6 Å². The van der Waals surface area contributed by atoms with Crippen molar-refractivity contribution in [2.45, 2.75) is 5.03 Å². The number of aromatic amines is 2. The number of benzene rings is 1. The number of ether oxygens (including phenoxy) is 2. The van der Waals surface area contributed by atoms with E-state index in [1.54, 1.807) is 0 Å². The van der Waals surface area contributed by atoms with Crippen LogP contribution in [0.15, 0.2) is 31.8 Å². The lowest BCUT2D eigenvalue weighted by molar-refractivity contribution is -0.118. The maximum atomic E-state index is 11.7. The molecule has 11 nitrogen and oxygen atoms in total. The van der Waals surface area contributed by atoms with Crippen molar-refractivity contribution in [2.75, 3.05) is 20.0 Å². The van der Waals surface area contributed by atoms with E-state index in [9.17, 15) is 19.5 Å². The van der Waals surface area contributed by atoms with Gasteiger partial charge in [0.15, 0.2) is 16.5 Å². The molecule has 0 fully saturated rings. The van der Waals surface area contributed by atoms with Crippen LogP contribution in [-0.2, 0) is 4.79 Å². The minimum Gasteiger partial charge on any atom is -0.502 e. The van der Waals surface area contributed by atoms with Crippen LogP contribution >= 0.6 is 11.8 Å². The van der Waals surface area contributed by atoms with Crippen LogP contribution in [0.3, 0.4) is 0 Å². The molecule has 0 aliphatic carbocycles. The molecule has 2 aromatic rings. The van der Waals surface area contributed by atoms with Crippen molar-refractivity contribution in [3.8, 4) is 17.2 Å². The highest BCUT2D eigenvalue weighted by Crippen LogP contribution is 2.36. The summed E-state index contributed by atoms with van der Waals surface area (Å²) in [7, 11) is 2.78. The molecule has 0 spiro atoms. The molecule has 2 rings (SSSR count). The molecule has 0 aliphatic heterocycles. The van der Waals surface area contributed by atoms with Crippen molar-refractivity contribution in [2.24, 2.45) is 5.10 Å². The highest BCUT2D eigenvalue weighted by atomic mass is 32.2. The average molecular weight is 381 g/mol. The molecule has 0 unspecified atom stereocenters. The number of aromatic nitrogens is 3. The van der Waals surface area contributed by atoms with Gasteiger partial charge in [-0.15, -0.1) is 0 Å². The smallest absolute Gasteiger partial charge is 0.342 e. The highest BCUT2D eigenvalue weighted by Gasteiger charge is 2.10. The van der Waals surface area contributed by atoms with E-state index in [4.69, 9.17) is 9.47 Å².